The standard InChI is InChI=1S/C21H19ClN4O2S2/c22-14-4-3-7-17-18(14)24-21(30-17)26(9-8-25-10-12-28-13-11-25)20(27)19-23-15-5-1-2-6-16(15)29-19/h1-7H,8-13H2. The molecular weight excluding hydrogens is 440 g/mol. The molecule has 1 aliphatic rings. The first-order chi connectivity index (χ1) is 14.7. The van der Waals surface area contributed by atoms with Gasteiger partial charge in [-0.05, 0) is 24.3 Å². The third-order valence-corrected chi connectivity index (χ3v) is 7.43. The molecule has 3 heterocycles. The average molecular weight is 459 g/mol. The number of rotatable bonds is 5. The molecule has 5 rings (SSSR count). The topological polar surface area (TPSA) is 58.6 Å². The number of hydrogen-bond acceptors (Lipinski definition) is 7. The molecule has 2 aromatic carbocycles. The SMILES string of the molecule is O=C(c1nc2ccccc2s1)N(CCN1CCOCC1)c1nc2c(Cl)cccc2s1. The molecule has 0 bridgehead atoms. The predicted octanol–water partition coefficient (Wildman–Crippen LogP) is 4.54. The van der Waals surface area contributed by atoms with E-state index in [1.54, 1.807) is 4.90 Å². The van der Waals surface area contributed by atoms with Crippen molar-refractivity contribution in [3.63, 3.8) is 0 Å². The summed E-state index contributed by atoms with van der Waals surface area (Å²) in [5.41, 5.74) is 1.57. The summed E-state index contributed by atoms with van der Waals surface area (Å²) in [7, 11) is 0. The summed E-state index contributed by atoms with van der Waals surface area (Å²) in [6.07, 6.45) is 0. The number of ether oxygens (including phenoxy) is 1. The van der Waals surface area contributed by atoms with Crippen molar-refractivity contribution in [2.24, 2.45) is 0 Å². The van der Waals surface area contributed by atoms with Crippen LogP contribution in [0.25, 0.3) is 20.4 Å². The fraction of sp³-hybridized carbons (Fsp3) is 0.286. The van der Waals surface area contributed by atoms with E-state index in [2.05, 4.69) is 9.88 Å². The van der Waals surface area contributed by atoms with Gasteiger partial charge in [0, 0.05) is 26.2 Å². The Morgan fingerprint density at radius 2 is 1.87 bits per heavy atom. The number of aromatic nitrogens is 2. The van der Waals surface area contributed by atoms with Gasteiger partial charge in [-0.15, -0.1) is 11.3 Å². The van der Waals surface area contributed by atoms with Gasteiger partial charge in [-0.1, -0.05) is 41.1 Å². The monoisotopic (exact) mass is 458 g/mol. The van der Waals surface area contributed by atoms with E-state index in [1.165, 1.54) is 22.7 Å². The fourth-order valence-corrected chi connectivity index (χ4v) is 5.65. The van der Waals surface area contributed by atoms with Gasteiger partial charge in [-0.3, -0.25) is 14.6 Å². The second-order valence-corrected chi connectivity index (χ2v) is 9.43. The zero-order valence-corrected chi connectivity index (χ0v) is 18.5. The molecule has 154 valence electrons. The molecule has 1 aliphatic heterocycles. The lowest BCUT2D eigenvalue weighted by atomic mass is 10.3. The summed E-state index contributed by atoms with van der Waals surface area (Å²) in [5.74, 6) is -0.125. The van der Waals surface area contributed by atoms with Crippen LogP contribution >= 0.6 is 34.3 Å². The highest BCUT2D eigenvalue weighted by atomic mass is 35.5. The predicted molar refractivity (Wildman–Crippen MR) is 123 cm³/mol. The van der Waals surface area contributed by atoms with Crippen LogP contribution < -0.4 is 4.90 Å². The number of thiazole rings is 2. The van der Waals surface area contributed by atoms with Crippen LogP contribution in [0.15, 0.2) is 42.5 Å². The molecule has 1 fully saturated rings. The lowest BCUT2D eigenvalue weighted by Crippen LogP contribution is -2.43. The largest absolute Gasteiger partial charge is 0.379 e. The molecule has 0 aliphatic carbocycles. The van der Waals surface area contributed by atoms with E-state index in [4.69, 9.17) is 21.3 Å². The summed E-state index contributed by atoms with van der Waals surface area (Å²) in [6, 6.07) is 13.5. The van der Waals surface area contributed by atoms with Crippen LogP contribution in [0.2, 0.25) is 5.02 Å². The van der Waals surface area contributed by atoms with Crippen molar-refractivity contribution in [2.45, 2.75) is 0 Å². The minimum absolute atomic E-state index is 0.125. The highest BCUT2D eigenvalue weighted by Crippen LogP contribution is 2.34. The van der Waals surface area contributed by atoms with E-state index < -0.39 is 0 Å². The third kappa shape index (κ3) is 3.93. The van der Waals surface area contributed by atoms with Gasteiger partial charge in [-0.25, -0.2) is 9.97 Å². The van der Waals surface area contributed by atoms with E-state index in [9.17, 15) is 4.79 Å². The molecule has 0 N–H and O–H groups in total. The number of carbonyl (C=O) groups is 1. The van der Waals surface area contributed by atoms with Gasteiger partial charge in [0.05, 0.1) is 33.2 Å². The summed E-state index contributed by atoms with van der Waals surface area (Å²) in [6.45, 7) is 4.48. The minimum atomic E-state index is -0.125. The van der Waals surface area contributed by atoms with Crippen LogP contribution in [0.4, 0.5) is 5.13 Å². The normalized spacial score (nSPS) is 15.1. The van der Waals surface area contributed by atoms with E-state index in [0.29, 0.717) is 21.7 Å². The second-order valence-electron chi connectivity index (χ2n) is 6.98. The number of halogens is 1. The van der Waals surface area contributed by atoms with Gasteiger partial charge in [0.2, 0.25) is 0 Å². The molecule has 0 unspecified atom stereocenters. The first-order valence-corrected chi connectivity index (χ1v) is 11.7. The molecule has 2 aromatic heterocycles. The molecule has 9 heteroatoms. The van der Waals surface area contributed by atoms with Crippen molar-refractivity contribution >= 4 is 65.7 Å². The Kier molecular flexibility index (Phi) is 5.66. The number of carbonyl (C=O) groups excluding carboxylic acids is 1. The quantitative estimate of drug-likeness (QED) is 0.439. The number of benzene rings is 2. The molecule has 0 saturated carbocycles. The number of nitrogens with zero attached hydrogens (tertiary/aromatic N) is 4. The van der Waals surface area contributed by atoms with Crippen molar-refractivity contribution in [1.82, 2.24) is 14.9 Å². The Morgan fingerprint density at radius 3 is 2.67 bits per heavy atom. The highest BCUT2D eigenvalue weighted by Gasteiger charge is 2.25. The van der Waals surface area contributed by atoms with Crippen LogP contribution in [0.1, 0.15) is 9.80 Å². The zero-order chi connectivity index (χ0) is 20.5. The van der Waals surface area contributed by atoms with E-state index >= 15 is 0 Å². The maximum Gasteiger partial charge on any atom is 0.289 e. The lowest BCUT2D eigenvalue weighted by Gasteiger charge is -2.28. The third-order valence-electron chi connectivity index (χ3n) is 5.05. The number of fused-ring (bicyclic) bond motifs is 2. The molecule has 1 saturated heterocycles. The van der Waals surface area contributed by atoms with Crippen LogP contribution in [-0.2, 0) is 4.74 Å². The van der Waals surface area contributed by atoms with Gasteiger partial charge in [0.1, 0.15) is 5.52 Å². The van der Waals surface area contributed by atoms with Gasteiger partial charge in [0.25, 0.3) is 5.91 Å². The molecular formula is C21H19ClN4O2S2. The zero-order valence-electron chi connectivity index (χ0n) is 16.1. The number of morpholine rings is 1. The summed E-state index contributed by atoms with van der Waals surface area (Å²) in [5, 5.41) is 1.72. The smallest absolute Gasteiger partial charge is 0.289 e. The average Bonchev–Trinajstić information content (AvgIpc) is 3.39. The summed E-state index contributed by atoms with van der Waals surface area (Å²) < 4.78 is 7.40. The molecule has 4 aromatic rings. The number of para-hydroxylation sites is 2. The van der Waals surface area contributed by atoms with Gasteiger partial charge >= 0.3 is 0 Å². The molecule has 0 atom stereocenters. The van der Waals surface area contributed by atoms with Gasteiger partial charge in [0.15, 0.2) is 10.1 Å². The van der Waals surface area contributed by atoms with Gasteiger partial charge < -0.3 is 4.74 Å². The van der Waals surface area contributed by atoms with Crippen LogP contribution in [0.3, 0.4) is 0 Å². The Balaban J connectivity index is 1.49. The van der Waals surface area contributed by atoms with E-state index in [0.717, 1.165) is 53.3 Å². The second kappa shape index (κ2) is 8.56. The van der Waals surface area contributed by atoms with Crippen LogP contribution in [0.5, 0.6) is 0 Å². The van der Waals surface area contributed by atoms with Crippen LogP contribution in [0, 0.1) is 0 Å². The van der Waals surface area contributed by atoms with Crippen molar-refractivity contribution < 1.29 is 9.53 Å². The first kappa shape index (κ1) is 19.8. The van der Waals surface area contributed by atoms with Crippen molar-refractivity contribution in [1.29, 1.82) is 0 Å². The van der Waals surface area contributed by atoms with Crippen molar-refractivity contribution in [3.8, 4) is 0 Å². The van der Waals surface area contributed by atoms with Crippen LogP contribution in [-0.4, -0.2) is 60.2 Å². The van der Waals surface area contributed by atoms with E-state index in [-0.39, 0.29) is 5.91 Å². The Morgan fingerprint density at radius 1 is 1.07 bits per heavy atom. The molecule has 30 heavy (non-hydrogen) atoms. The molecule has 0 spiro atoms. The van der Waals surface area contributed by atoms with E-state index in [1.807, 2.05) is 42.5 Å². The highest BCUT2D eigenvalue weighted by molar-refractivity contribution is 7.23. The fourth-order valence-electron chi connectivity index (χ4n) is 3.45. The van der Waals surface area contributed by atoms with Crippen molar-refractivity contribution in [2.75, 3.05) is 44.3 Å². The Labute approximate surface area is 186 Å². The Bertz CT molecular complexity index is 1170. The van der Waals surface area contributed by atoms with Gasteiger partial charge in [-0.2, -0.15) is 0 Å². The maximum absolute atomic E-state index is 13.5. The molecule has 1 amide bonds. The number of hydrogen-bond donors (Lipinski definition) is 0. The Hall–Kier alpha value is -2.10. The number of anilines is 1. The maximum atomic E-state index is 13.5. The molecule has 0 radical (unpaired) electrons. The van der Waals surface area contributed by atoms with Crippen molar-refractivity contribution in [3.05, 3.63) is 52.5 Å². The first-order valence-electron chi connectivity index (χ1n) is 9.71. The minimum Gasteiger partial charge on any atom is -0.379 e. The lowest BCUT2D eigenvalue weighted by molar-refractivity contribution is 0.0391. The molecule has 6 nitrogen and oxygen atoms in total. The number of amides is 1. The summed E-state index contributed by atoms with van der Waals surface area (Å²) in [4.78, 5) is 26.8. The summed E-state index contributed by atoms with van der Waals surface area (Å²) >= 11 is 9.23.